The second kappa shape index (κ2) is 4.21. The van der Waals surface area contributed by atoms with Crippen LogP contribution in [0.4, 0.5) is 0 Å². The third-order valence-electron chi connectivity index (χ3n) is 1.64. The second-order valence-electron chi connectivity index (χ2n) is 2.76. The lowest BCUT2D eigenvalue weighted by molar-refractivity contribution is -0.137. The molecule has 0 saturated heterocycles. The summed E-state index contributed by atoms with van der Waals surface area (Å²) in [5.74, 6) is -0.866. The normalized spacial score (nSPS) is 12.8. The Hall–Kier alpha value is -0.390. The third-order valence-corrected chi connectivity index (χ3v) is 3.90. The quantitative estimate of drug-likeness (QED) is 0.880. The Morgan fingerprint density at radius 1 is 1.85 bits per heavy atom. The van der Waals surface area contributed by atoms with Crippen molar-refractivity contribution in [3.63, 3.8) is 0 Å². The molecule has 1 aromatic heterocycles. The largest absolute Gasteiger partial charge is 0.481 e. The number of aryl methyl sites for hydroxylation is 1. The summed E-state index contributed by atoms with van der Waals surface area (Å²) in [7, 11) is 0. The summed E-state index contributed by atoms with van der Waals surface area (Å²) in [4.78, 5) is 12.4. The van der Waals surface area contributed by atoms with Crippen LogP contribution in [0.2, 0.25) is 0 Å². The minimum atomic E-state index is -0.866. The van der Waals surface area contributed by atoms with Crippen molar-refractivity contribution in [2.75, 3.05) is 0 Å². The van der Waals surface area contributed by atoms with Gasteiger partial charge in [0.05, 0.1) is 6.42 Å². The van der Waals surface area contributed by atoms with Crippen LogP contribution in [-0.2, 0) is 4.79 Å². The first-order valence-corrected chi connectivity index (χ1v) is 5.35. The number of carbonyl (C=O) groups is 1. The Bertz CT molecular complexity index is 304. The van der Waals surface area contributed by atoms with Crippen LogP contribution in [-0.4, -0.2) is 11.1 Å². The molecule has 0 spiro atoms. The minimum Gasteiger partial charge on any atom is -0.481 e. The lowest BCUT2D eigenvalue weighted by Crippen LogP contribution is -2.13. The first kappa shape index (κ1) is 10.7. The third kappa shape index (κ3) is 2.79. The zero-order valence-corrected chi connectivity index (χ0v) is 9.48. The number of rotatable bonds is 3. The molecule has 0 aliphatic carbocycles. The molecular weight excluding hydrogens is 254 g/mol. The molecule has 0 unspecified atom stereocenters. The van der Waals surface area contributed by atoms with Gasteiger partial charge in [0.1, 0.15) is 0 Å². The molecule has 0 saturated carbocycles. The van der Waals surface area contributed by atoms with Crippen LogP contribution < -0.4 is 5.73 Å². The molecule has 1 aromatic rings. The van der Waals surface area contributed by atoms with Crippen LogP contribution in [0.1, 0.15) is 22.2 Å². The van der Waals surface area contributed by atoms with E-state index in [1.54, 1.807) is 0 Å². The number of carboxylic acids is 1. The monoisotopic (exact) mass is 263 g/mol. The summed E-state index contributed by atoms with van der Waals surface area (Å²) >= 11 is 4.89. The summed E-state index contributed by atoms with van der Waals surface area (Å²) in [6.45, 7) is 1.96. The average Bonchev–Trinajstić information content (AvgIpc) is 2.31. The van der Waals surface area contributed by atoms with Crippen molar-refractivity contribution in [2.45, 2.75) is 19.4 Å². The summed E-state index contributed by atoms with van der Waals surface area (Å²) in [6.07, 6.45) is -0.0214. The fourth-order valence-corrected chi connectivity index (χ4v) is 2.52. The number of hydrogen-bond acceptors (Lipinski definition) is 3. The molecule has 1 rings (SSSR count). The van der Waals surface area contributed by atoms with E-state index in [0.717, 1.165) is 14.2 Å². The maximum absolute atomic E-state index is 10.4. The topological polar surface area (TPSA) is 63.3 Å². The highest BCUT2D eigenvalue weighted by Crippen LogP contribution is 2.30. The molecule has 0 aliphatic rings. The molecule has 5 heteroatoms. The number of thiophene rings is 1. The van der Waals surface area contributed by atoms with E-state index in [1.165, 1.54) is 11.3 Å². The van der Waals surface area contributed by atoms with E-state index >= 15 is 0 Å². The first-order valence-electron chi connectivity index (χ1n) is 3.74. The van der Waals surface area contributed by atoms with Gasteiger partial charge in [-0.15, -0.1) is 11.3 Å². The number of nitrogens with two attached hydrogens (primary N) is 1. The maximum atomic E-state index is 10.4. The Labute approximate surface area is 88.7 Å². The van der Waals surface area contributed by atoms with Crippen LogP contribution in [0.3, 0.4) is 0 Å². The highest BCUT2D eigenvalue weighted by Gasteiger charge is 2.13. The van der Waals surface area contributed by atoms with Crippen molar-refractivity contribution in [3.05, 3.63) is 20.3 Å². The van der Waals surface area contributed by atoms with Crippen LogP contribution >= 0.6 is 27.3 Å². The molecule has 3 N–H and O–H groups in total. The molecule has 0 aliphatic heterocycles. The minimum absolute atomic E-state index is 0.0214. The van der Waals surface area contributed by atoms with Crippen molar-refractivity contribution < 1.29 is 9.90 Å². The van der Waals surface area contributed by atoms with Crippen LogP contribution in [0.15, 0.2) is 10.5 Å². The number of hydrogen-bond donors (Lipinski definition) is 2. The van der Waals surface area contributed by atoms with Gasteiger partial charge < -0.3 is 10.8 Å². The van der Waals surface area contributed by atoms with E-state index in [1.807, 2.05) is 13.0 Å². The molecule has 72 valence electrons. The molecule has 0 bridgehead atoms. The second-order valence-corrected chi connectivity index (χ2v) is 4.90. The van der Waals surface area contributed by atoms with Gasteiger partial charge in [0.25, 0.3) is 0 Å². The summed E-state index contributed by atoms with van der Waals surface area (Å²) in [5.41, 5.74) is 5.69. The lowest BCUT2D eigenvalue weighted by atomic mass is 10.2. The predicted molar refractivity (Wildman–Crippen MR) is 55.9 cm³/mol. The molecule has 1 atom stereocenters. The molecule has 13 heavy (non-hydrogen) atoms. The predicted octanol–water partition coefficient (Wildman–Crippen LogP) is 2.29. The SMILES string of the molecule is Cc1sc([C@@H](N)CC(=O)O)cc1Br. The maximum Gasteiger partial charge on any atom is 0.305 e. The van der Waals surface area contributed by atoms with Gasteiger partial charge in [-0.05, 0) is 28.9 Å². The number of aliphatic carboxylic acids is 1. The van der Waals surface area contributed by atoms with E-state index in [-0.39, 0.29) is 6.42 Å². The van der Waals surface area contributed by atoms with E-state index in [4.69, 9.17) is 10.8 Å². The molecule has 0 fully saturated rings. The first-order chi connectivity index (χ1) is 6.00. The zero-order chi connectivity index (χ0) is 10.0. The van der Waals surface area contributed by atoms with Crippen molar-refractivity contribution >= 4 is 33.2 Å². The highest BCUT2D eigenvalue weighted by atomic mass is 79.9. The summed E-state index contributed by atoms with van der Waals surface area (Å²) < 4.78 is 0.994. The summed E-state index contributed by atoms with van der Waals surface area (Å²) in [6, 6.07) is 1.49. The van der Waals surface area contributed by atoms with E-state index in [0.29, 0.717) is 0 Å². The molecule has 0 radical (unpaired) electrons. The standard InChI is InChI=1S/C8H10BrNO2S/c1-4-5(9)2-7(13-4)6(10)3-8(11)12/h2,6H,3,10H2,1H3,(H,11,12)/t6-/m0/s1. The van der Waals surface area contributed by atoms with Crippen molar-refractivity contribution in [1.29, 1.82) is 0 Å². The van der Waals surface area contributed by atoms with Gasteiger partial charge in [0, 0.05) is 20.3 Å². The fourth-order valence-electron chi connectivity index (χ4n) is 0.953. The van der Waals surface area contributed by atoms with Gasteiger partial charge in [-0.3, -0.25) is 4.79 Å². The molecule has 0 amide bonds. The van der Waals surface area contributed by atoms with Gasteiger partial charge in [-0.1, -0.05) is 0 Å². The van der Waals surface area contributed by atoms with Gasteiger partial charge in [0.2, 0.25) is 0 Å². The average molecular weight is 264 g/mol. The molecule has 1 heterocycles. The fraction of sp³-hybridized carbons (Fsp3) is 0.375. The smallest absolute Gasteiger partial charge is 0.305 e. The van der Waals surface area contributed by atoms with Gasteiger partial charge in [0.15, 0.2) is 0 Å². The Kier molecular flexibility index (Phi) is 3.47. The van der Waals surface area contributed by atoms with E-state index in [9.17, 15) is 4.79 Å². The van der Waals surface area contributed by atoms with Gasteiger partial charge in [-0.25, -0.2) is 0 Å². The molecular formula is C8H10BrNO2S. The van der Waals surface area contributed by atoms with Crippen LogP contribution in [0.25, 0.3) is 0 Å². The highest BCUT2D eigenvalue weighted by molar-refractivity contribution is 9.10. The summed E-state index contributed by atoms with van der Waals surface area (Å²) in [5, 5.41) is 8.53. The van der Waals surface area contributed by atoms with E-state index < -0.39 is 12.0 Å². The lowest BCUT2D eigenvalue weighted by Gasteiger charge is -2.04. The van der Waals surface area contributed by atoms with Gasteiger partial charge in [-0.2, -0.15) is 0 Å². The molecule has 3 nitrogen and oxygen atoms in total. The van der Waals surface area contributed by atoms with Crippen molar-refractivity contribution in [1.82, 2.24) is 0 Å². The Morgan fingerprint density at radius 3 is 2.85 bits per heavy atom. The number of carboxylic acid groups (broad SMARTS) is 1. The van der Waals surface area contributed by atoms with Crippen molar-refractivity contribution in [3.8, 4) is 0 Å². The molecule has 0 aromatic carbocycles. The van der Waals surface area contributed by atoms with E-state index in [2.05, 4.69) is 15.9 Å². The van der Waals surface area contributed by atoms with Crippen LogP contribution in [0.5, 0.6) is 0 Å². The number of halogens is 1. The van der Waals surface area contributed by atoms with Gasteiger partial charge >= 0.3 is 5.97 Å². The van der Waals surface area contributed by atoms with Crippen molar-refractivity contribution in [2.24, 2.45) is 5.73 Å². The van der Waals surface area contributed by atoms with Crippen LogP contribution in [0, 0.1) is 6.92 Å². The zero-order valence-electron chi connectivity index (χ0n) is 7.08. The Balaban J connectivity index is 2.77. The Morgan fingerprint density at radius 2 is 2.46 bits per heavy atom.